The lowest BCUT2D eigenvalue weighted by Gasteiger charge is -2.40. The van der Waals surface area contributed by atoms with Gasteiger partial charge in [0.2, 0.25) is 23.6 Å². The first-order valence-corrected chi connectivity index (χ1v) is 27.3. The number of aliphatic hydroxyl groups is 9. The van der Waals surface area contributed by atoms with Gasteiger partial charge >= 0.3 is 0 Å². The Morgan fingerprint density at radius 3 is 1.06 bits per heavy atom. The first-order chi connectivity index (χ1) is 37.2. The predicted octanol–water partition coefficient (Wildman–Crippen LogP) is -3.75. The highest BCUT2D eigenvalue weighted by Crippen LogP contribution is 2.29. The first-order valence-electron chi connectivity index (χ1n) is 27.3. The van der Waals surface area contributed by atoms with E-state index in [1.165, 1.54) is 0 Å². The van der Waals surface area contributed by atoms with E-state index in [2.05, 4.69) is 21.3 Å². The number of ether oxygens (including phenoxy) is 9. The molecule has 78 heavy (non-hydrogen) atoms. The first kappa shape index (κ1) is 69.1. The van der Waals surface area contributed by atoms with Crippen molar-refractivity contribution in [1.82, 2.24) is 21.3 Å². The molecule has 454 valence electrons. The van der Waals surface area contributed by atoms with Crippen molar-refractivity contribution in [2.24, 2.45) is 23.7 Å². The lowest BCUT2D eigenvalue weighted by Crippen LogP contribution is -2.58. The zero-order valence-electron chi connectivity index (χ0n) is 45.9. The van der Waals surface area contributed by atoms with Crippen molar-refractivity contribution in [3.05, 3.63) is 0 Å². The Labute approximate surface area is 456 Å². The normalized spacial score (nSPS) is 30.1. The molecule has 0 aromatic carbocycles. The fraction of sp³-hybridized carbons (Fsp3) is 0.902. The van der Waals surface area contributed by atoms with Crippen LogP contribution in [0, 0.1) is 23.7 Å². The average Bonchev–Trinajstić information content (AvgIpc) is 3.43. The van der Waals surface area contributed by atoms with Gasteiger partial charge in [0.25, 0.3) is 0 Å². The number of Topliss-reactive ketones (excluding diaryl/α,β-unsaturated/α-hetero) is 1. The van der Waals surface area contributed by atoms with E-state index in [4.69, 9.17) is 42.6 Å². The van der Waals surface area contributed by atoms with Crippen LogP contribution in [-0.4, -0.2) is 254 Å². The van der Waals surface area contributed by atoms with Crippen molar-refractivity contribution >= 4 is 29.4 Å². The second kappa shape index (κ2) is 37.0. The Bertz CT molecular complexity index is 1570. The Kier molecular flexibility index (Phi) is 32.8. The molecular weight excluding hydrogens is 1040 g/mol. The summed E-state index contributed by atoms with van der Waals surface area (Å²) >= 11 is 0. The van der Waals surface area contributed by atoms with Gasteiger partial charge in [-0.2, -0.15) is 0 Å². The Hall–Kier alpha value is -3.17. The third kappa shape index (κ3) is 23.7. The lowest BCUT2D eigenvalue weighted by atomic mass is 9.92. The zero-order chi connectivity index (χ0) is 57.8. The van der Waals surface area contributed by atoms with Crippen molar-refractivity contribution in [3.8, 4) is 0 Å². The Balaban J connectivity index is 1.57. The molecule has 15 atom stereocenters. The van der Waals surface area contributed by atoms with Crippen LogP contribution in [0.15, 0.2) is 0 Å². The average molecular weight is 1130 g/mol. The fourth-order valence-corrected chi connectivity index (χ4v) is 8.60. The summed E-state index contributed by atoms with van der Waals surface area (Å²) in [6, 6.07) is 0. The van der Waals surface area contributed by atoms with E-state index < -0.39 is 123 Å². The van der Waals surface area contributed by atoms with Crippen molar-refractivity contribution in [2.75, 3.05) is 98.9 Å². The molecule has 13 N–H and O–H groups in total. The monoisotopic (exact) mass is 1130 g/mol. The summed E-state index contributed by atoms with van der Waals surface area (Å²) in [5.74, 6) is -3.48. The van der Waals surface area contributed by atoms with Gasteiger partial charge in [-0.15, -0.1) is 0 Å². The minimum absolute atomic E-state index is 0.00900. The maximum atomic E-state index is 13.6. The molecule has 0 bridgehead atoms. The molecule has 0 aromatic rings. The van der Waals surface area contributed by atoms with Crippen LogP contribution < -0.4 is 21.3 Å². The van der Waals surface area contributed by atoms with Gasteiger partial charge in [0.1, 0.15) is 47.9 Å². The van der Waals surface area contributed by atoms with Crippen LogP contribution in [0.3, 0.4) is 0 Å². The summed E-state index contributed by atoms with van der Waals surface area (Å²) in [7, 11) is 0. The van der Waals surface area contributed by atoms with Gasteiger partial charge in [-0.1, -0.05) is 34.6 Å². The standard InChI is InChI=1S/C51H92N4O23/c1-30(2)34(59)10-6-11-41(63)55-51(27-70-21-12-38(60)52-15-7-18-73-48-31(3)42(64)45(67)35(24-56)76-48,28-71-22-13-39(61)53-16-8-19-74-49-32(4)43(65)46(68)36(25-57)77-49)29-72-23-14-40(62)54-17-9-20-75-50-33(5)44(66)47(69)37(26-58)78-50/h30-33,35-37,42-50,56-58,64-69H,6-29H2,1-5H3,(H,52,60)(H,53,61)(H,54,62)(H,55,63)/t31-,32-,33-,35?,36?,37?,42?,43?,44?,45-,46-,47-,48+,49+,50+,51?/m0/s1. The maximum Gasteiger partial charge on any atom is 0.222 e. The number of aliphatic hydroxyl groups excluding tert-OH is 9. The quantitative estimate of drug-likeness (QED) is 0.0263. The second-order valence-electron chi connectivity index (χ2n) is 20.6. The highest BCUT2D eigenvalue weighted by Gasteiger charge is 2.45. The third-order valence-electron chi connectivity index (χ3n) is 13.8. The smallest absolute Gasteiger partial charge is 0.222 e. The van der Waals surface area contributed by atoms with Gasteiger partial charge in [0.05, 0.1) is 97.6 Å². The summed E-state index contributed by atoms with van der Waals surface area (Å²) in [5, 5.41) is 101. The van der Waals surface area contributed by atoms with Crippen LogP contribution in [0.2, 0.25) is 0 Å². The van der Waals surface area contributed by atoms with E-state index in [9.17, 15) is 69.9 Å². The SMILES string of the molecule is CC(C)C(=O)CCCC(=O)NC(COCCC(=O)NCCCO[C@@H]1OC(CO)[C@H](O)C(O)[C@@H]1C)(COCCC(=O)NCCCO[C@@H]1OC(CO)[C@H](O)C(O)[C@@H]1C)COCCC(=O)NCCCO[C@@H]1OC(CO)[C@H](O)C(O)[C@@H]1C. The molecule has 0 saturated carbocycles. The molecule has 4 amide bonds. The van der Waals surface area contributed by atoms with Crippen LogP contribution >= 0.6 is 0 Å². The molecule has 27 heteroatoms. The number of amides is 4. The number of ketones is 1. The molecule has 0 radical (unpaired) electrons. The summed E-state index contributed by atoms with van der Waals surface area (Å²) in [6.07, 6.45) is -11.7. The van der Waals surface area contributed by atoms with E-state index in [1.807, 2.05) is 0 Å². The van der Waals surface area contributed by atoms with Gasteiger partial charge in [-0.3, -0.25) is 24.0 Å². The topological polar surface area (TPSA) is 399 Å². The van der Waals surface area contributed by atoms with Crippen molar-refractivity contribution < 1.29 is 113 Å². The highest BCUT2D eigenvalue weighted by molar-refractivity contribution is 5.82. The predicted molar refractivity (Wildman–Crippen MR) is 272 cm³/mol. The van der Waals surface area contributed by atoms with Crippen LogP contribution in [0.25, 0.3) is 0 Å². The molecular formula is C51H92N4O23. The van der Waals surface area contributed by atoms with E-state index in [-0.39, 0.29) is 147 Å². The molecule has 0 aromatic heterocycles. The molecule has 27 nitrogen and oxygen atoms in total. The highest BCUT2D eigenvalue weighted by atomic mass is 16.7. The number of hydrogen-bond acceptors (Lipinski definition) is 23. The lowest BCUT2D eigenvalue weighted by molar-refractivity contribution is -0.282. The molecule has 6 unspecified atom stereocenters. The van der Waals surface area contributed by atoms with Gasteiger partial charge in [0, 0.05) is 75.4 Å². The summed E-state index contributed by atoms with van der Waals surface area (Å²) in [6.45, 7) is 6.96. The molecule has 0 aliphatic carbocycles. The number of rotatable bonds is 39. The van der Waals surface area contributed by atoms with Crippen molar-refractivity contribution in [1.29, 1.82) is 0 Å². The minimum Gasteiger partial charge on any atom is -0.394 e. The van der Waals surface area contributed by atoms with Crippen molar-refractivity contribution in [3.63, 3.8) is 0 Å². The number of carbonyl (C=O) groups is 5. The Morgan fingerprint density at radius 2 is 0.769 bits per heavy atom. The number of hydrogen-bond donors (Lipinski definition) is 13. The van der Waals surface area contributed by atoms with Gasteiger partial charge < -0.3 is 110 Å². The molecule has 3 saturated heterocycles. The molecule has 3 rings (SSSR count). The largest absolute Gasteiger partial charge is 0.394 e. The number of nitrogens with one attached hydrogen (secondary N) is 4. The van der Waals surface area contributed by atoms with Gasteiger partial charge in [-0.25, -0.2) is 0 Å². The van der Waals surface area contributed by atoms with E-state index in [0.29, 0.717) is 19.3 Å². The minimum atomic E-state index is -1.42. The molecule has 3 aliphatic heterocycles. The zero-order valence-corrected chi connectivity index (χ0v) is 45.9. The van der Waals surface area contributed by atoms with E-state index >= 15 is 0 Å². The second-order valence-corrected chi connectivity index (χ2v) is 20.6. The summed E-state index contributed by atoms with van der Waals surface area (Å²) in [5.41, 5.74) is -1.42. The van der Waals surface area contributed by atoms with Gasteiger partial charge in [0.15, 0.2) is 18.9 Å². The Morgan fingerprint density at radius 1 is 0.449 bits per heavy atom. The van der Waals surface area contributed by atoms with Crippen LogP contribution in [0.5, 0.6) is 0 Å². The fourth-order valence-electron chi connectivity index (χ4n) is 8.60. The van der Waals surface area contributed by atoms with Gasteiger partial charge in [-0.05, 0) is 25.7 Å². The van der Waals surface area contributed by atoms with E-state index in [0.717, 1.165) is 0 Å². The van der Waals surface area contributed by atoms with E-state index in [1.54, 1.807) is 34.6 Å². The third-order valence-corrected chi connectivity index (χ3v) is 13.8. The van der Waals surface area contributed by atoms with Crippen LogP contribution in [-0.2, 0) is 66.6 Å². The van der Waals surface area contributed by atoms with Crippen LogP contribution in [0.4, 0.5) is 0 Å². The van der Waals surface area contributed by atoms with Crippen LogP contribution in [0.1, 0.15) is 92.4 Å². The van der Waals surface area contributed by atoms with Crippen molar-refractivity contribution in [2.45, 2.75) is 172 Å². The summed E-state index contributed by atoms with van der Waals surface area (Å²) in [4.78, 5) is 64.4. The molecule has 3 heterocycles. The number of carbonyl (C=O) groups excluding carboxylic acids is 5. The molecule has 3 aliphatic rings. The maximum absolute atomic E-state index is 13.6. The molecule has 0 spiro atoms. The molecule has 3 fully saturated rings. The summed E-state index contributed by atoms with van der Waals surface area (Å²) < 4.78 is 51.8.